The molecule has 43 heavy (non-hydrogen) atoms. The van der Waals surface area contributed by atoms with Crippen LogP contribution in [0.5, 0.6) is 0 Å². The van der Waals surface area contributed by atoms with Crippen molar-refractivity contribution in [2.75, 3.05) is 0 Å². The zero-order valence-corrected chi connectivity index (χ0v) is 32.7. The first-order valence-corrected chi connectivity index (χ1v) is 19.2. The van der Waals surface area contributed by atoms with Gasteiger partial charge in [-0.1, -0.05) is 0 Å². The molecule has 0 aliphatic carbocycles. The predicted octanol–water partition coefficient (Wildman–Crippen LogP) is 9.65. The second-order valence-corrected chi connectivity index (χ2v) is 22.6. The van der Waals surface area contributed by atoms with Gasteiger partial charge in [0.25, 0.3) is 0 Å². The van der Waals surface area contributed by atoms with E-state index in [0.29, 0.717) is 0 Å². The van der Waals surface area contributed by atoms with Crippen molar-refractivity contribution in [3.8, 4) is 0 Å². The molecule has 0 radical (unpaired) electrons. The molecule has 0 saturated heterocycles. The summed E-state index contributed by atoms with van der Waals surface area (Å²) in [6.45, 7) is 39.7. The monoisotopic (exact) mass is 674 g/mol. The van der Waals surface area contributed by atoms with E-state index in [2.05, 4.69) is 157 Å². The summed E-state index contributed by atoms with van der Waals surface area (Å²) < 4.78 is 5.01. The van der Waals surface area contributed by atoms with Gasteiger partial charge in [0.2, 0.25) is 0 Å². The van der Waals surface area contributed by atoms with Crippen molar-refractivity contribution in [1.82, 2.24) is 29.3 Å². The van der Waals surface area contributed by atoms with E-state index in [-0.39, 0.29) is 32.5 Å². The van der Waals surface area contributed by atoms with Gasteiger partial charge in [-0.25, -0.2) is 0 Å². The maximum atomic E-state index is 7.53. The van der Waals surface area contributed by atoms with Crippen LogP contribution in [0.4, 0.5) is 0 Å². The van der Waals surface area contributed by atoms with Gasteiger partial charge in [-0.05, 0) is 0 Å². The second-order valence-electron chi connectivity index (χ2n) is 18.2. The average molecular weight is 676 g/mol. The fourth-order valence-corrected chi connectivity index (χ4v) is 7.61. The topological polar surface area (TPSA) is 53.5 Å². The molecule has 3 aromatic heterocycles. The molecule has 0 spiro atoms. The summed E-state index contributed by atoms with van der Waals surface area (Å²) in [5.41, 5.74) is 4.55. The van der Waals surface area contributed by atoms with Gasteiger partial charge >= 0.3 is 276 Å². The van der Waals surface area contributed by atoms with E-state index in [4.69, 9.17) is 35.5 Å². The molecule has 0 saturated carbocycles. The number of halogens is 2. The molecular formula is C34H57Cl2MnN6. The van der Waals surface area contributed by atoms with Crippen molar-refractivity contribution >= 4 is 20.2 Å². The van der Waals surface area contributed by atoms with Crippen LogP contribution >= 0.6 is 20.2 Å². The Hall–Kier alpha value is -1.27. The Morgan fingerprint density at radius 3 is 0.767 bits per heavy atom. The van der Waals surface area contributed by atoms with Gasteiger partial charge < -0.3 is 0 Å². The Labute approximate surface area is 274 Å². The van der Waals surface area contributed by atoms with Crippen LogP contribution in [-0.2, 0) is 49.3 Å². The van der Waals surface area contributed by atoms with Crippen LogP contribution in [0.25, 0.3) is 0 Å². The molecular weight excluding hydrogens is 618 g/mol. The Morgan fingerprint density at radius 1 is 0.419 bits per heavy atom. The molecule has 9 heteroatoms. The zero-order chi connectivity index (χ0) is 33.5. The molecule has 244 valence electrons. The standard InChI is InChI=1S/C34H57N6.2ClH.Mn/c1-29(2,3)22-19-25(32(10,11)12)38(35-22)28(39-26(33(13,14)15)20-23(36-39)30(4,5)6)40-27(34(16,17)18)21-24(37-40)31(7,8)9;;;/h19-21H,1-18H3;2*1H;/q;;;+2/p-2. The van der Waals surface area contributed by atoms with E-state index in [0.717, 1.165) is 34.2 Å². The zero-order valence-electron chi connectivity index (χ0n) is 30.0. The van der Waals surface area contributed by atoms with Crippen LogP contribution in [0.15, 0.2) is 18.2 Å². The van der Waals surface area contributed by atoms with Crippen LogP contribution in [0.2, 0.25) is 0 Å². The van der Waals surface area contributed by atoms with E-state index in [9.17, 15) is 0 Å². The number of aromatic nitrogens is 6. The molecule has 0 aromatic carbocycles. The Kier molecular flexibility index (Phi) is 9.19. The summed E-state index contributed by atoms with van der Waals surface area (Å²) in [6, 6.07) is 6.68. The summed E-state index contributed by atoms with van der Waals surface area (Å²) >= 11 is -2.41. The van der Waals surface area contributed by atoms with Crippen molar-refractivity contribution in [3.63, 3.8) is 0 Å². The van der Waals surface area contributed by atoms with Crippen molar-refractivity contribution in [1.29, 1.82) is 0 Å². The van der Waals surface area contributed by atoms with Crippen LogP contribution in [-0.4, -0.2) is 29.3 Å². The number of rotatable bonds is 4. The summed E-state index contributed by atoms with van der Waals surface area (Å²) in [5, 5.41) is 16.3. The second kappa shape index (κ2) is 10.9. The van der Waals surface area contributed by atoms with Crippen LogP contribution in [0.1, 0.15) is 159 Å². The van der Waals surface area contributed by atoms with Gasteiger partial charge in [0.05, 0.1) is 0 Å². The minimum atomic E-state index is -2.41. The predicted molar refractivity (Wildman–Crippen MR) is 179 cm³/mol. The normalized spacial score (nSPS) is 14.9. The Bertz CT molecular complexity index is 1280. The molecule has 3 heterocycles. The van der Waals surface area contributed by atoms with Gasteiger partial charge in [-0.3, -0.25) is 0 Å². The van der Waals surface area contributed by atoms with E-state index in [1.54, 1.807) is 0 Å². The number of nitrogens with zero attached hydrogens (tertiary/aromatic N) is 6. The minimum absolute atomic E-state index is 0.204. The SMILES string of the molecule is CC(C)(C)c1cc(C(C)(C)C)n([C](n2nc(C(C)(C)C)cc2C(C)(C)C)(n2nc(C(C)(C)C)cc2C(C)(C)C)[Mn]([Cl])[Cl])n1. The summed E-state index contributed by atoms with van der Waals surface area (Å²) in [7, 11) is 15.1. The summed E-state index contributed by atoms with van der Waals surface area (Å²) in [4.78, 5) is 0. The number of hydrogen-bond donors (Lipinski definition) is 0. The molecule has 0 unspecified atom stereocenters. The first-order chi connectivity index (χ1) is 18.9. The van der Waals surface area contributed by atoms with Gasteiger partial charge in [-0.15, -0.1) is 0 Å². The third-order valence-corrected chi connectivity index (χ3v) is 10.7. The molecule has 0 fully saturated rings. The van der Waals surface area contributed by atoms with E-state index in [1.807, 2.05) is 0 Å². The molecule has 0 bridgehead atoms. The van der Waals surface area contributed by atoms with Gasteiger partial charge in [-0.2, -0.15) is 0 Å². The molecule has 0 atom stereocenters. The summed E-state index contributed by atoms with van der Waals surface area (Å²) in [5.74, 6) is 0. The van der Waals surface area contributed by atoms with E-state index < -0.39 is 16.8 Å². The molecule has 0 amide bonds. The fourth-order valence-electron chi connectivity index (χ4n) is 4.95. The van der Waals surface area contributed by atoms with Crippen molar-refractivity contribution < 1.29 is 12.1 Å². The van der Waals surface area contributed by atoms with Crippen LogP contribution < -0.4 is 0 Å². The summed E-state index contributed by atoms with van der Waals surface area (Å²) in [6.07, 6.45) is 0. The van der Waals surface area contributed by atoms with Crippen molar-refractivity contribution in [2.24, 2.45) is 0 Å². The maximum absolute atomic E-state index is 7.53. The van der Waals surface area contributed by atoms with Gasteiger partial charge in [0, 0.05) is 0 Å². The van der Waals surface area contributed by atoms with Gasteiger partial charge in [0.1, 0.15) is 0 Å². The average Bonchev–Trinajstić information content (AvgIpc) is 3.49. The number of hydrogen-bond acceptors (Lipinski definition) is 3. The fraction of sp³-hybridized carbons (Fsp3) is 0.735. The van der Waals surface area contributed by atoms with Gasteiger partial charge in [0.15, 0.2) is 0 Å². The third-order valence-electron chi connectivity index (χ3n) is 7.74. The molecule has 0 aliphatic rings. The Balaban J connectivity index is 2.81. The van der Waals surface area contributed by atoms with Crippen molar-refractivity contribution in [3.05, 3.63) is 52.4 Å². The first-order valence-electron chi connectivity index (χ1n) is 15.3. The van der Waals surface area contributed by atoms with E-state index in [1.165, 1.54) is 0 Å². The first kappa shape index (κ1) is 36.2. The van der Waals surface area contributed by atoms with Crippen molar-refractivity contribution in [2.45, 2.75) is 162 Å². The Morgan fingerprint density at radius 2 is 0.628 bits per heavy atom. The molecule has 0 N–H and O–H groups in total. The van der Waals surface area contributed by atoms with Crippen LogP contribution in [0, 0.1) is 0 Å². The molecule has 3 aromatic rings. The molecule has 0 aliphatic heterocycles. The molecule has 6 nitrogen and oxygen atoms in total. The van der Waals surface area contributed by atoms with E-state index >= 15 is 0 Å². The quantitative estimate of drug-likeness (QED) is 0.259. The third kappa shape index (κ3) is 6.81. The van der Waals surface area contributed by atoms with Crippen LogP contribution in [0.3, 0.4) is 0 Å². The molecule has 3 rings (SSSR count).